The van der Waals surface area contributed by atoms with Crippen LogP contribution < -0.4 is 5.32 Å². The Bertz CT molecular complexity index is 506. The van der Waals surface area contributed by atoms with Crippen molar-refractivity contribution >= 4 is 9.84 Å². The monoisotopic (exact) mass is 237 g/mol. The quantitative estimate of drug-likeness (QED) is 0.850. The second kappa shape index (κ2) is 4.29. The molecule has 86 valence electrons. The Morgan fingerprint density at radius 1 is 1.38 bits per heavy atom. The number of benzene rings is 1. The Balaban J connectivity index is 2.38. The molecule has 16 heavy (non-hydrogen) atoms. The van der Waals surface area contributed by atoms with Crippen LogP contribution in [0.1, 0.15) is 12.0 Å². The average molecular weight is 237 g/mol. The minimum absolute atomic E-state index is 0.393. The van der Waals surface area contributed by atoms with E-state index in [4.69, 9.17) is 0 Å². The molecule has 1 unspecified atom stereocenters. The minimum Gasteiger partial charge on any atom is -0.391 e. The highest BCUT2D eigenvalue weighted by molar-refractivity contribution is 7.92. The Morgan fingerprint density at radius 2 is 2.19 bits per heavy atom. The molecule has 1 aromatic rings. The molecule has 0 saturated carbocycles. The van der Waals surface area contributed by atoms with E-state index in [1.807, 2.05) is 13.0 Å². The number of rotatable bonds is 2. The number of sulfone groups is 1. The summed E-state index contributed by atoms with van der Waals surface area (Å²) in [5, 5.41) is 2.61. The van der Waals surface area contributed by atoms with Crippen LogP contribution in [0.2, 0.25) is 0 Å². The summed E-state index contributed by atoms with van der Waals surface area (Å²) in [6, 6.07) is 7.08. The Hall–Kier alpha value is -1.29. The van der Waals surface area contributed by atoms with Crippen LogP contribution in [-0.2, 0) is 9.84 Å². The van der Waals surface area contributed by atoms with E-state index >= 15 is 0 Å². The van der Waals surface area contributed by atoms with Gasteiger partial charge in [-0.05, 0) is 37.2 Å². The molecule has 0 bridgehead atoms. The maximum Gasteiger partial charge on any atom is 0.184 e. The lowest BCUT2D eigenvalue weighted by Gasteiger charge is -2.18. The van der Waals surface area contributed by atoms with E-state index in [0.717, 1.165) is 5.56 Å². The normalized spacial score (nSPS) is 20.4. The van der Waals surface area contributed by atoms with Crippen molar-refractivity contribution < 1.29 is 8.42 Å². The van der Waals surface area contributed by atoms with Crippen molar-refractivity contribution in [3.05, 3.63) is 42.1 Å². The molecule has 3 nitrogen and oxygen atoms in total. The van der Waals surface area contributed by atoms with E-state index in [1.54, 1.807) is 30.5 Å². The zero-order valence-electron chi connectivity index (χ0n) is 9.18. The Morgan fingerprint density at radius 3 is 2.81 bits per heavy atom. The maximum atomic E-state index is 12.3. The summed E-state index contributed by atoms with van der Waals surface area (Å²) < 4.78 is 24.5. The average Bonchev–Trinajstić information content (AvgIpc) is 2.30. The van der Waals surface area contributed by atoms with Crippen molar-refractivity contribution in [3.8, 4) is 0 Å². The SMILES string of the molecule is Cc1cccc(S(=O)(=O)C2C=CNCC2)c1. The van der Waals surface area contributed by atoms with Gasteiger partial charge in [-0.2, -0.15) is 0 Å². The molecule has 0 saturated heterocycles. The molecule has 1 aromatic carbocycles. The molecule has 1 aliphatic rings. The summed E-state index contributed by atoms with van der Waals surface area (Å²) in [6.07, 6.45) is 4.08. The molecule has 0 aromatic heterocycles. The minimum atomic E-state index is -3.21. The number of aryl methyl sites for hydroxylation is 1. The first kappa shape index (κ1) is 11.2. The molecule has 0 radical (unpaired) electrons. The summed E-state index contributed by atoms with van der Waals surface area (Å²) in [4.78, 5) is 0.420. The summed E-state index contributed by atoms with van der Waals surface area (Å²) in [6.45, 7) is 2.61. The van der Waals surface area contributed by atoms with Gasteiger partial charge in [-0.15, -0.1) is 0 Å². The molecule has 1 heterocycles. The van der Waals surface area contributed by atoms with Gasteiger partial charge in [0.15, 0.2) is 9.84 Å². The van der Waals surface area contributed by atoms with Gasteiger partial charge in [-0.3, -0.25) is 0 Å². The van der Waals surface area contributed by atoms with E-state index in [-0.39, 0.29) is 0 Å². The van der Waals surface area contributed by atoms with Gasteiger partial charge in [0.05, 0.1) is 10.1 Å². The van der Waals surface area contributed by atoms with E-state index in [0.29, 0.717) is 17.9 Å². The van der Waals surface area contributed by atoms with Gasteiger partial charge < -0.3 is 5.32 Å². The molecule has 1 aliphatic heterocycles. The van der Waals surface area contributed by atoms with E-state index < -0.39 is 15.1 Å². The maximum absolute atomic E-state index is 12.3. The van der Waals surface area contributed by atoms with E-state index in [2.05, 4.69) is 5.32 Å². The van der Waals surface area contributed by atoms with Crippen LogP contribution in [0, 0.1) is 6.92 Å². The van der Waals surface area contributed by atoms with Crippen LogP contribution in [-0.4, -0.2) is 20.2 Å². The standard InChI is InChI=1S/C12H15NO2S/c1-10-3-2-4-12(9-10)16(14,15)11-5-7-13-8-6-11/h2-5,7,9,11,13H,6,8H2,1H3. The molecular weight excluding hydrogens is 222 g/mol. The van der Waals surface area contributed by atoms with Crippen molar-refractivity contribution in [1.82, 2.24) is 5.32 Å². The second-order valence-electron chi connectivity index (χ2n) is 4.00. The van der Waals surface area contributed by atoms with Crippen molar-refractivity contribution in [2.45, 2.75) is 23.5 Å². The largest absolute Gasteiger partial charge is 0.391 e. The van der Waals surface area contributed by atoms with Crippen molar-refractivity contribution in [3.63, 3.8) is 0 Å². The van der Waals surface area contributed by atoms with Gasteiger partial charge in [0.2, 0.25) is 0 Å². The summed E-state index contributed by atoms with van der Waals surface area (Å²) in [5.74, 6) is 0. The van der Waals surface area contributed by atoms with Gasteiger partial charge in [0, 0.05) is 6.54 Å². The van der Waals surface area contributed by atoms with Gasteiger partial charge in [0.1, 0.15) is 0 Å². The third-order valence-corrected chi connectivity index (χ3v) is 4.82. The smallest absolute Gasteiger partial charge is 0.184 e. The lowest BCUT2D eigenvalue weighted by Crippen LogP contribution is -2.28. The zero-order chi connectivity index (χ0) is 11.6. The summed E-state index contributed by atoms with van der Waals surface area (Å²) in [5.41, 5.74) is 0.971. The molecular formula is C12H15NO2S. The first-order valence-electron chi connectivity index (χ1n) is 5.31. The predicted molar refractivity (Wildman–Crippen MR) is 63.9 cm³/mol. The van der Waals surface area contributed by atoms with Crippen molar-refractivity contribution in [1.29, 1.82) is 0 Å². The summed E-state index contributed by atoms with van der Waals surface area (Å²) >= 11 is 0. The third kappa shape index (κ3) is 2.11. The van der Waals surface area contributed by atoms with E-state index in [1.165, 1.54) is 0 Å². The van der Waals surface area contributed by atoms with Crippen molar-refractivity contribution in [2.75, 3.05) is 6.54 Å². The fourth-order valence-corrected chi connectivity index (χ4v) is 3.49. The highest BCUT2D eigenvalue weighted by Gasteiger charge is 2.26. The fraction of sp³-hybridized carbons (Fsp3) is 0.333. The Labute approximate surface area is 96.1 Å². The van der Waals surface area contributed by atoms with Gasteiger partial charge in [0.25, 0.3) is 0 Å². The molecule has 1 N–H and O–H groups in total. The van der Waals surface area contributed by atoms with Crippen molar-refractivity contribution in [2.24, 2.45) is 0 Å². The van der Waals surface area contributed by atoms with Gasteiger partial charge in [-0.1, -0.05) is 18.2 Å². The molecule has 1 atom stereocenters. The molecule has 0 amide bonds. The first-order valence-corrected chi connectivity index (χ1v) is 6.86. The van der Waals surface area contributed by atoms with Crippen LogP contribution >= 0.6 is 0 Å². The Kier molecular flexibility index (Phi) is 3.01. The van der Waals surface area contributed by atoms with E-state index in [9.17, 15) is 8.42 Å². The number of nitrogens with one attached hydrogen (secondary N) is 1. The summed E-state index contributed by atoms with van der Waals surface area (Å²) in [7, 11) is -3.21. The van der Waals surface area contributed by atoms with Crippen LogP contribution in [0.5, 0.6) is 0 Å². The fourth-order valence-electron chi connectivity index (χ4n) is 1.81. The van der Waals surface area contributed by atoms with Gasteiger partial charge >= 0.3 is 0 Å². The molecule has 4 heteroatoms. The lowest BCUT2D eigenvalue weighted by atomic mass is 10.2. The zero-order valence-corrected chi connectivity index (χ0v) is 10.00. The molecule has 0 aliphatic carbocycles. The number of hydrogen-bond donors (Lipinski definition) is 1. The third-order valence-electron chi connectivity index (χ3n) is 2.72. The van der Waals surface area contributed by atoms with Crippen LogP contribution in [0.15, 0.2) is 41.4 Å². The first-order chi connectivity index (χ1) is 7.60. The number of hydrogen-bond acceptors (Lipinski definition) is 3. The molecule has 2 rings (SSSR count). The lowest BCUT2D eigenvalue weighted by molar-refractivity contribution is 0.578. The van der Waals surface area contributed by atoms with Crippen LogP contribution in [0.4, 0.5) is 0 Å². The highest BCUT2D eigenvalue weighted by Crippen LogP contribution is 2.21. The topological polar surface area (TPSA) is 46.2 Å². The highest BCUT2D eigenvalue weighted by atomic mass is 32.2. The predicted octanol–water partition coefficient (Wildman–Crippen LogP) is 1.64. The second-order valence-corrected chi connectivity index (χ2v) is 6.17. The van der Waals surface area contributed by atoms with Crippen LogP contribution in [0.3, 0.4) is 0 Å². The molecule has 0 spiro atoms. The van der Waals surface area contributed by atoms with Crippen LogP contribution in [0.25, 0.3) is 0 Å². The van der Waals surface area contributed by atoms with Gasteiger partial charge in [-0.25, -0.2) is 8.42 Å². The molecule has 0 fully saturated rings.